The number of rotatable bonds is 5. The van der Waals surface area contributed by atoms with E-state index in [9.17, 15) is 13.8 Å². The van der Waals surface area contributed by atoms with E-state index in [1.54, 1.807) is 24.3 Å². The third-order valence-corrected chi connectivity index (χ3v) is 4.13. The SMILES string of the molecule is O=C(CS(=O)c1ccc(C(=O)O)o1)Nc1ccc(Br)cc1. The molecule has 2 N–H and O–H groups in total. The molecule has 110 valence electrons. The standard InChI is InChI=1S/C13H10BrNO5S/c14-8-1-3-9(4-2-8)15-11(16)7-21(19)12-6-5-10(20-12)13(17)18/h1-6H,7H2,(H,15,16)(H,17,18). The van der Waals surface area contributed by atoms with Gasteiger partial charge >= 0.3 is 5.97 Å². The van der Waals surface area contributed by atoms with Crippen molar-refractivity contribution < 1.29 is 23.3 Å². The molecule has 1 aromatic heterocycles. The monoisotopic (exact) mass is 371 g/mol. The van der Waals surface area contributed by atoms with Crippen LogP contribution in [0.25, 0.3) is 0 Å². The Morgan fingerprint density at radius 3 is 2.43 bits per heavy atom. The van der Waals surface area contributed by atoms with Crippen molar-refractivity contribution in [1.82, 2.24) is 0 Å². The molecule has 1 amide bonds. The maximum Gasteiger partial charge on any atom is 0.371 e. The van der Waals surface area contributed by atoms with E-state index in [4.69, 9.17) is 9.52 Å². The van der Waals surface area contributed by atoms with Gasteiger partial charge in [-0.2, -0.15) is 0 Å². The molecule has 0 fully saturated rings. The molecular weight excluding hydrogens is 362 g/mol. The number of hydrogen-bond donors (Lipinski definition) is 2. The molecule has 0 bridgehead atoms. The molecule has 21 heavy (non-hydrogen) atoms. The molecule has 0 saturated carbocycles. The van der Waals surface area contributed by atoms with Crippen molar-refractivity contribution in [2.75, 3.05) is 11.1 Å². The number of anilines is 1. The summed E-state index contributed by atoms with van der Waals surface area (Å²) >= 11 is 3.27. The van der Waals surface area contributed by atoms with Gasteiger partial charge in [-0.1, -0.05) is 15.9 Å². The second kappa shape index (κ2) is 6.68. The largest absolute Gasteiger partial charge is 0.475 e. The van der Waals surface area contributed by atoms with Crippen LogP contribution in [-0.2, 0) is 15.6 Å². The van der Waals surface area contributed by atoms with Crippen LogP contribution < -0.4 is 5.32 Å². The molecule has 1 unspecified atom stereocenters. The Balaban J connectivity index is 1.96. The van der Waals surface area contributed by atoms with Gasteiger partial charge < -0.3 is 14.8 Å². The Labute approximate surface area is 130 Å². The fourth-order valence-corrected chi connectivity index (χ4v) is 2.60. The summed E-state index contributed by atoms with van der Waals surface area (Å²) in [6.45, 7) is 0. The maximum atomic E-state index is 11.9. The summed E-state index contributed by atoms with van der Waals surface area (Å²) in [4.78, 5) is 22.4. The van der Waals surface area contributed by atoms with Crippen LogP contribution in [0.2, 0.25) is 0 Å². The molecule has 0 radical (unpaired) electrons. The van der Waals surface area contributed by atoms with Gasteiger partial charge in [-0.05, 0) is 36.4 Å². The average molecular weight is 372 g/mol. The first kappa shape index (κ1) is 15.5. The topological polar surface area (TPSA) is 96.6 Å². The molecule has 0 aliphatic rings. The second-order valence-electron chi connectivity index (χ2n) is 3.97. The number of amides is 1. The van der Waals surface area contributed by atoms with Crippen LogP contribution in [0, 0.1) is 0 Å². The van der Waals surface area contributed by atoms with E-state index in [-0.39, 0.29) is 16.6 Å². The van der Waals surface area contributed by atoms with Crippen LogP contribution in [0.15, 0.2) is 50.4 Å². The lowest BCUT2D eigenvalue weighted by Gasteiger charge is -2.04. The van der Waals surface area contributed by atoms with Gasteiger partial charge in [0.1, 0.15) is 5.75 Å². The summed E-state index contributed by atoms with van der Waals surface area (Å²) in [5.41, 5.74) is 0.575. The molecule has 1 heterocycles. The van der Waals surface area contributed by atoms with Crippen molar-refractivity contribution in [3.63, 3.8) is 0 Å². The van der Waals surface area contributed by atoms with Gasteiger partial charge in [0, 0.05) is 10.2 Å². The van der Waals surface area contributed by atoms with Crippen molar-refractivity contribution in [3.05, 3.63) is 46.6 Å². The lowest BCUT2D eigenvalue weighted by Crippen LogP contribution is -2.19. The lowest BCUT2D eigenvalue weighted by molar-refractivity contribution is -0.113. The molecular formula is C13H10BrNO5S. The average Bonchev–Trinajstić information content (AvgIpc) is 2.91. The number of benzene rings is 1. The predicted molar refractivity (Wildman–Crippen MR) is 79.7 cm³/mol. The Kier molecular flexibility index (Phi) is 4.92. The molecule has 2 aromatic rings. The summed E-state index contributed by atoms with van der Waals surface area (Å²) in [6.07, 6.45) is 0. The van der Waals surface area contributed by atoms with Crippen LogP contribution in [0.4, 0.5) is 5.69 Å². The summed E-state index contributed by atoms with van der Waals surface area (Å²) in [7, 11) is -1.74. The van der Waals surface area contributed by atoms with Crippen LogP contribution in [0.5, 0.6) is 0 Å². The van der Waals surface area contributed by atoms with Gasteiger partial charge in [-0.25, -0.2) is 4.79 Å². The first-order valence-corrected chi connectivity index (χ1v) is 7.84. The minimum absolute atomic E-state index is 0.0432. The number of carbonyl (C=O) groups is 2. The summed E-state index contributed by atoms with van der Waals surface area (Å²) in [5, 5.41) is 11.2. The third-order valence-electron chi connectivity index (χ3n) is 2.41. The van der Waals surface area contributed by atoms with E-state index in [1.165, 1.54) is 12.1 Å². The van der Waals surface area contributed by atoms with E-state index in [0.717, 1.165) is 4.47 Å². The second-order valence-corrected chi connectivity index (χ2v) is 6.27. The van der Waals surface area contributed by atoms with Gasteiger partial charge in [-0.3, -0.25) is 9.00 Å². The normalized spacial score (nSPS) is 11.9. The van der Waals surface area contributed by atoms with Crippen LogP contribution in [0.1, 0.15) is 10.6 Å². The highest BCUT2D eigenvalue weighted by Gasteiger charge is 2.16. The molecule has 1 aromatic carbocycles. The van der Waals surface area contributed by atoms with E-state index in [0.29, 0.717) is 5.69 Å². The zero-order valence-electron chi connectivity index (χ0n) is 10.5. The molecule has 0 aliphatic heterocycles. The van der Waals surface area contributed by atoms with Gasteiger partial charge in [-0.15, -0.1) is 0 Å². The Hall–Kier alpha value is -1.93. The maximum absolute atomic E-state index is 11.9. The first-order valence-electron chi connectivity index (χ1n) is 5.72. The molecule has 6 nitrogen and oxygen atoms in total. The highest BCUT2D eigenvalue weighted by molar-refractivity contribution is 9.10. The minimum atomic E-state index is -1.74. The predicted octanol–water partition coefficient (Wildman–Crippen LogP) is 2.49. The summed E-state index contributed by atoms with van der Waals surface area (Å²) in [6, 6.07) is 9.39. The molecule has 2 rings (SSSR count). The van der Waals surface area contributed by atoms with Gasteiger partial charge in [0.05, 0.1) is 10.8 Å². The summed E-state index contributed by atoms with van der Waals surface area (Å²) < 4.78 is 17.7. The van der Waals surface area contributed by atoms with Gasteiger partial charge in [0.25, 0.3) is 0 Å². The molecule has 0 spiro atoms. The number of carbonyl (C=O) groups excluding carboxylic acids is 1. The molecule has 8 heteroatoms. The van der Waals surface area contributed by atoms with Crippen molar-refractivity contribution in [1.29, 1.82) is 0 Å². The molecule has 1 atom stereocenters. The fourth-order valence-electron chi connectivity index (χ4n) is 1.48. The van der Waals surface area contributed by atoms with Crippen molar-refractivity contribution in [2.24, 2.45) is 0 Å². The van der Waals surface area contributed by atoms with E-state index in [2.05, 4.69) is 21.2 Å². The number of carboxylic acids is 1. The number of halogens is 1. The fraction of sp³-hybridized carbons (Fsp3) is 0.0769. The smallest absolute Gasteiger partial charge is 0.371 e. The van der Waals surface area contributed by atoms with Gasteiger partial charge in [0.15, 0.2) is 5.09 Å². The summed E-state index contributed by atoms with van der Waals surface area (Å²) in [5.74, 6) is -2.34. The van der Waals surface area contributed by atoms with Crippen LogP contribution >= 0.6 is 15.9 Å². The Bertz CT molecular complexity index is 695. The van der Waals surface area contributed by atoms with Crippen LogP contribution in [-0.4, -0.2) is 26.9 Å². The van der Waals surface area contributed by atoms with Gasteiger partial charge in [0.2, 0.25) is 11.7 Å². The van der Waals surface area contributed by atoms with E-state index < -0.39 is 22.7 Å². The number of aromatic carboxylic acids is 1. The quantitative estimate of drug-likeness (QED) is 0.841. The Morgan fingerprint density at radius 1 is 1.19 bits per heavy atom. The lowest BCUT2D eigenvalue weighted by atomic mass is 10.3. The minimum Gasteiger partial charge on any atom is -0.475 e. The van der Waals surface area contributed by atoms with Crippen LogP contribution in [0.3, 0.4) is 0 Å². The zero-order chi connectivity index (χ0) is 15.4. The number of furan rings is 1. The third kappa shape index (κ3) is 4.27. The highest BCUT2D eigenvalue weighted by atomic mass is 79.9. The van der Waals surface area contributed by atoms with Crippen molar-refractivity contribution in [2.45, 2.75) is 5.09 Å². The highest BCUT2D eigenvalue weighted by Crippen LogP contribution is 2.15. The number of nitrogens with one attached hydrogen (secondary N) is 1. The van der Waals surface area contributed by atoms with E-state index in [1.807, 2.05) is 0 Å². The van der Waals surface area contributed by atoms with Crippen molar-refractivity contribution in [3.8, 4) is 0 Å². The molecule has 0 saturated heterocycles. The van der Waals surface area contributed by atoms with Crippen molar-refractivity contribution >= 4 is 44.3 Å². The number of hydrogen-bond acceptors (Lipinski definition) is 4. The Morgan fingerprint density at radius 2 is 1.86 bits per heavy atom. The zero-order valence-corrected chi connectivity index (χ0v) is 12.9. The number of carboxylic acid groups (broad SMARTS) is 1. The van der Waals surface area contributed by atoms with E-state index >= 15 is 0 Å². The first-order chi connectivity index (χ1) is 9.95. The molecule has 0 aliphatic carbocycles.